The highest BCUT2D eigenvalue weighted by molar-refractivity contribution is 5.71. The van der Waals surface area contributed by atoms with Crippen LogP contribution < -0.4 is 0 Å². The lowest BCUT2D eigenvalue weighted by Gasteiger charge is -2.18. The molecule has 1 unspecified atom stereocenters. The minimum atomic E-state index is -0.797. The van der Waals surface area contributed by atoms with Gasteiger partial charge in [-0.3, -0.25) is 14.4 Å². The van der Waals surface area contributed by atoms with E-state index in [9.17, 15) is 14.4 Å². The van der Waals surface area contributed by atoms with Gasteiger partial charge in [0, 0.05) is 19.3 Å². The highest BCUT2D eigenvalue weighted by Crippen LogP contribution is 2.15. The topological polar surface area (TPSA) is 78.9 Å². The summed E-state index contributed by atoms with van der Waals surface area (Å²) < 4.78 is 16.8. The Hall–Kier alpha value is -3.41. The van der Waals surface area contributed by atoms with E-state index in [0.717, 1.165) is 89.9 Å². The molecule has 6 heteroatoms. The number of allylic oxidation sites excluding steroid dienone is 14. The first-order valence-electron chi connectivity index (χ1n) is 25.7. The van der Waals surface area contributed by atoms with Gasteiger partial charge in [-0.15, -0.1) is 0 Å². The quantitative estimate of drug-likeness (QED) is 0.0263. The lowest BCUT2D eigenvalue weighted by molar-refractivity contribution is -0.167. The van der Waals surface area contributed by atoms with E-state index < -0.39 is 6.10 Å². The molecule has 62 heavy (non-hydrogen) atoms. The molecule has 0 amide bonds. The van der Waals surface area contributed by atoms with Gasteiger partial charge < -0.3 is 14.2 Å². The van der Waals surface area contributed by atoms with Gasteiger partial charge in [-0.1, -0.05) is 241 Å². The normalized spacial score (nSPS) is 12.8. The van der Waals surface area contributed by atoms with Crippen LogP contribution in [0.1, 0.15) is 233 Å². The minimum Gasteiger partial charge on any atom is -0.462 e. The molecule has 0 aromatic carbocycles. The molecule has 0 bridgehead atoms. The molecule has 0 aromatic heterocycles. The van der Waals surface area contributed by atoms with E-state index in [1.54, 1.807) is 0 Å². The first-order valence-corrected chi connectivity index (χ1v) is 25.7. The Labute approximate surface area is 382 Å². The van der Waals surface area contributed by atoms with Crippen LogP contribution in [-0.2, 0) is 28.6 Å². The van der Waals surface area contributed by atoms with Gasteiger partial charge in [0.05, 0.1) is 0 Å². The largest absolute Gasteiger partial charge is 0.462 e. The van der Waals surface area contributed by atoms with Gasteiger partial charge in [-0.25, -0.2) is 0 Å². The van der Waals surface area contributed by atoms with Crippen molar-refractivity contribution in [3.63, 3.8) is 0 Å². The number of carbonyl (C=O) groups excluding carboxylic acids is 3. The average Bonchev–Trinajstić information content (AvgIpc) is 3.27. The van der Waals surface area contributed by atoms with E-state index in [2.05, 4.69) is 69.4 Å². The molecule has 0 N–H and O–H groups in total. The van der Waals surface area contributed by atoms with Crippen LogP contribution in [0.2, 0.25) is 0 Å². The SMILES string of the molecule is CC/C=C/C=C/C=C/C=C/CCCCCC(=O)OCC(COC(=O)CCCCCCCCCCCCCCCCCC)OC(=O)CCCCCCCCC/C=C/C=C/C=C/CC. The number of hydrogen-bond donors (Lipinski definition) is 0. The Morgan fingerprint density at radius 3 is 1.00 bits per heavy atom. The minimum absolute atomic E-state index is 0.0932. The molecule has 0 heterocycles. The third-order valence-corrected chi connectivity index (χ3v) is 10.8. The molecule has 0 fully saturated rings. The zero-order valence-corrected chi connectivity index (χ0v) is 40.4. The first-order chi connectivity index (χ1) is 30.5. The number of carbonyl (C=O) groups is 3. The van der Waals surface area contributed by atoms with Crippen molar-refractivity contribution in [1.29, 1.82) is 0 Å². The molecule has 0 radical (unpaired) electrons. The highest BCUT2D eigenvalue weighted by Gasteiger charge is 2.19. The fourth-order valence-electron chi connectivity index (χ4n) is 6.98. The smallest absolute Gasteiger partial charge is 0.306 e. The van der Waals surface area contributed by atoms with Crippen molar-refractivity contribution in [2.45, 2.75) is 239 Å². The molecule has 1 atom stereocenters. The highest BCUT2D eigenvalue weighted by atomic mass is 16.6. The maximum Gasteiger partial charge on any atom is 0.306 e. The summed E-state index contributed by atoms with van der Waals surface area (Å²) in [6.07, 6.45) is 64.2. The maximum absolute atomic E-state index is 12.8. The van der Waals surface area contributed by atoms with E-state index in [-0.39, 0.29) is 31.1 Å². The predicted molar refractivity (Wildman–Crippen MR) is 265 cm³/mol. The third kappa shape index (κ3) is 47.6. The van der Waals surface area contributed by atoms with Gasteiger partial charge in [0.2, 0.25) is 0 Å². The third-order valence-electron chi connectivity index (χ3n) is 10.8. The van der Waals surface area contributed by atoms with Crippen LogP contribution in [0.5, 0.6) is 0 Å². The van der Waals surface area contributed by atoms with Gasteiger partial charge in [0.25, 0.3) is 0 Å². The van der Waals surface area contributed by atoms with Crippen LogP contribution >= 0.6 is 0 Å². The van der Waals surface area contributed by atoms with Crippen LogP contribution in [0, 0.1) is 0 Å². The van der Waals surface area contributed by atoms with Crippen molar-refractivity contribution in [3.05, 3.63) is 85.1 Å². The van der Waals surface area contributed by atoms with E-state index >= 15 is 0 Å². The first kappa shape index (κ1) is 58.6. The van der Waals surface area contributed by atoms with E-state index in [4.69, 9.17) is 14.2 Å². The van der Waals surface area contributed by atoms with E-state index in [1.165, 1.54) is 103 Å². The second-order valence-electron chi connectivity index (χ2n) is 16.8. The summed E-state index contributed by atoms with van der Waals surface area (Å²) in [5.41, 5.74) is 0. The molecule has 6 nitrogen and oxygen atoms in total. The standard InChI is InChI=1S/C56H94O6/c1-4-7-10-13-16-19-22-25-27-29-31-34-37-40-43-46-49-55(58)61-52-53(51-60-54(57)48-45-42-39-36-33-30-24-21-18-15-12-9-6-3)62-56(59)50-47-44-41-38-35-32-28-26-23-20-17-14-11-8-5-2/h8-9,11-12,14-15,17-18,20-21,23-24,30,33,53H,4-7,10,13,16,19,22,25-29,31-32,34-52H2,1-3H3/b11-8+,12-9+,17-14+,18-15+,23-20+,24-21+,33-30+. The summed E-state index contributed by atoms with van der Waals surface area (Å²) in [6.45, 7) is 6.33. The summed E-state index contributed by atoms with van der Waals surface area (Å²) in [5.74, 6) is -0.945. The van der Waals surface area contributed by atoms with Crippen LogP contribution in [0.4, 0.5) is 0 Å². The maximum atomic E-state index is 12.8. The number of ether oxygens (including phenoxy) is 3. The lowest BCUT2D eigenvalue weighted by atomic mass is 10.0. The summed E-state index contributed by atoms with van der Waals surface area (Å²) in [5, 5.41) is 0. The van der Waals surface area contributed by atoms with Crippen molar-refractivity contribution < 1.29 is 28.6 Å². The van der Waals surface area contributed by atoms with Crippen molar-refractivity contribution in [2.24, 2.45) is 0 Å². The molecular formula is C56H94O6. The number of esters is 3. The molecule has 0 saturated heterocycles. The molecule has 0 aromatic rings. The van der Waals surface area contributed by atoms with Crippen molar-refractivity contribution >= 4 is 17.9 Å². The Bertz CT molecular complexity index is 1220. The van der Waals surface area contributed by atoms with E-state index in [1.807, 2.05) is 36.5 Å². The summed E-state index contributed by atoms with van der Waals surface area (Å²) in [6, 6.07) is 0. The van der Waals surface area contributed by atoms with Crippen LogP contribution in [-0.4, -0.2) is 37.2 Å². The molecule has 0 aliphatic heterocycles. The summed E-state index contributed by atoms with van der Waals surface area (Å²) >= 11 is 0. The van der Waals surface area contributed by atoms with Crippen LogP contribution in [0.25, 0.3) is 0 Å². The molecular weight excluding hydrogens is 769 g/mol. The van der Waals surface area contributed by atoms with Crippen LogP contribution in [0.3, 0.4) is 0 Å². The Morgan fingerprint density at radius 1 is 0.339 bits per heavy atom. The molecule has 0 spiro atoms. The van der Waals surface area contributed by atoms with Gasteiger partial charge in [0.1, 0.15) is 13.2 Å². The van der Waals surface area contributed by atoms with Gasteiger partial charge in [-0.2, -0.15) is 0 Å². The van der Waals surface area contributed by atoms with Gasteiger partial charge in [-0.05, 0) is 57.8 Å². The predicted octanol–water partition coefficient (Wildman–Crippen LogP) is 16.8. The molecule has 354 valence electrons. The zero-order chi connectivity index (χ0) is 45.1. The Morgan fingerprint density at radius 2 is 0.629 bits per heavy atom. The monoisotopic (exact) mass is 863 g/mol. The van der Waals surface area contributed by atoms with Crippen molar-refractivity contribution in [3.8, 4) is 0 Å². The number of unbranched alkanes of at least 4 members (excludes halogenated alkanes) is 25. The van der Waals surface area contributed by atoms with Gasteiger partial charge >= 0.3 is 17.9 Å². The average molecular weight is 863 g/mol. The number of hydrogen-bond acceptors (Lipinski definition) is 6. The van der Waals surface area contributed by atoms with Gasteiger partial charge in [0.15, 0.2) is 6.10 Å². The Balaban J connectivity index is 4.44. The molecule has 0 saturated carbocycles. The summed E-state index contributed by atoms with van der Waals surface area (Å²) in [4.78, 5) is 38.0. The molecule has 0 aliphatic rings. The molecule has 0 rings (SSSR count). The van der Waals surface area contributed by atoms with Crippen molar-refractivity contribution in [1.82, 2.24) is 0 Å². The lowest BCUT2D eigenvalue weighted by Crippen LogP contribution is -2.30. The second-order valence-corrected chi connectivity index (χ2v) is 16.8. The fraction of sp³-hybridized carbons (Fsp3) is 0.696. The van der Waals surface area contributed by atoms with E-state index in [0.29, 0.717) is 19.3 Å². The Kier molecular flexibility index (Phi) is 47.5. The van der Waals surface area contributed by atoms with Crippen LogP contribution in [0.15, 0.2) is 85.1 Å². The molecule has 0 aliphatic carbocycles. The zero-order valence-electron chi connectivity index (χ0n) is 40.4. The fourth-order valence-corrected chi connectivity index (χ4v) is 6.98. The van der Waals surface area contributed by atoms with Crippen molar-refractivity contribution in [2.75, 3.05) is 13.2 Å². The summed E-state index contributed by atoms with van der Waals surface area (Å²) in [7, 11) is 0. The second kappa shape index (κ2) is 50.2. The number of rotatable bonds is 45.